The summed E-state index contributed by atoms with van der Waals surface area (Å²) in [4.78, 5) is 0. The fourth-order valence-corrected chi connectivity index (χ4v) is 1.32. The van der Waals surface area contributed by atoms with Gasteiger partial charge in [0.2, 0.25) is 0 Å². The summed E-state index contributed by atoms with van der Waals surface area (Å²) >= 11 is 0. The number of nitrogens with zero attached hydrogens (tertiary/aromatic N) is 3. The molecule has 22 heavy (non-hydrogen) atoms. The summed E-state index contributed by atoms with van der Waals surface area (Å²) in [6.07, 6.45) is 7.71. The summed E-state index contributed by atoms with van der Waals surface area (Å²) in [5, 5.41) is 12.0. The standard InChI is InChI=1S/C11H18N.2C3H8N.CH3.Hf/c1-9(2)12-8-10(3)11-6-4-5-7-11;2*1-3-4-2;;/h4-6,9-10H,7-8H2,1-3H3;2*3H2,1-2H3;1H3;/q4*-1;+4. The Kier molecular flexibility index (Phi) is 32.2. The van der Waals surface area contributed by atoms with E-state index >= 15 is 0 Å². The van der Waals surface area contributed by atoms with Crippen molar-refractivity contribution in [2.75, 3.05) is 33.7 Å². The Morgan fingerprint density at radius 1 is 1.05 bits per heavy atom. The van der Waals surface area contributed by atoms with E-state index in [9.17, 15) is 0 Å². The minimum Gasteiger partial charge on any atom is -0.665 e. The largest absolute Gasteiger partial charge is 4.00 e. The Bertz CT molecular complexity index is 243. The van der Waals surface area contributed by atoms with E-state index in [-0.39, 0.29) is 33.3 Å². The van der Waals surface area contributed by atoms with Crippen molar-refractivity contribution in [1.29, 1.82) is 0 Å². The van der Waals surface area contributed by atoms with Crippen LogP contribution in [0.4, 0.5) is 0 Å². The Hall–Kier alpha value is 0.230. The summed E-state index contributed by atoms with van der Waals surface area (Å²) < 4.78 is 0. The first kappa shape index (κ1) is 30.1. The van der Waals surface area contributed by atoms with Gasteiger partial charge in [-0.1, -0.05) is 58.4 Å². The molecule has 0 heterocycles. The predicted octanol–water partition coefficient (Wildman–Crippen LogP) is 5.76. The molecule has 0 bridgehead atoms. The molecule has 0 aromatic heterocycles. The first-order valence-corrected chi connectivity index (χ1v) is 7.66. The smallest absolute Gasteiger partial charge is 0.665 e. The van der Waals surface area contributed by atoms with Gasteiger partial charge in [0.15, 0.2) is 0 Å². The summed E-state index contributed by atoms with van der Waals surface area (Å²) in [5.41, 5.74) is 1.53. The van der Waals surface area contributed by atoms with Gasteiger partial charge in [0, 0.05) is 0 Å². The molecule has 1 unspecified atom stereocenters. The third-order valence-electron chi connectivity index (χ3n) is 2.81. The van der Waals surface area contributed by atoms with Gasteiger partial charge in [0.25, 0.3) is 0 Å². The average molecular weight is 474 g/mol. The van der Waals surface area contributed by atoms with Gasteiger partial charge in [0.1, 0.15) is 0 Å². The van der Waals surface area contributed by atoms with Gasteiger partial charge in [-0.05, 0) is 12.3 Å². The molecular formula is C18H37HfN3. The van der Waals surface area contributed by atoms with Crippen LogP contribution in [0.2, 0.25) is 0 Å². The van der Waals surface area contributed by atoms with Crippen LogP contribution in [0.3, 0.4) is 0 Å². The molecule has 0 radical (unpaired) electrons. The van der Waals surface area contributed by atoms with Gasteiger partial charge in [0.05, 0.1) is 0 Å². The van der Waals surface area contributed by atoms with Crippen LogP contribution in [0, 0.1) is 13.3 Å². The molecule has 128 valence electrons. The molecule has 0 saturated carbocycles. The number of rotatable bonds is 6. The number of allylic oxidation sites excluding steroid dienone is 3. The molecule has 0 saturated heterocycles. The molecule has 1 rings (SSSR count). The minimum atomic E-state index is 0. The maximum atomic E-state index is 4.50. The van der Waals surface area contributed by atoms with Crippen LogP contribution < -0.4 is 0 Å². The second-order valence-electron chi connectivity index (χ2n) is 5.00. The molecule has 0 spiro atoms. The summed E-state index contributed by atoms with van der Waals surface area (Å²) in [6, 6.07) is 0.474. The molecule has 1 aliphatic carbocycles. The SMILES string of the molecule is CC(C)[N-]CC(C)C1=CC=CC1.CC[N-]C.CC[N-]C.[CH3-].[Hf+4]. The summed E-state index contributed by atoms with van der Waals surface area (Å²) in [6.45, 7) is 13.4. The molecule has 0 N–H and O–H groups in total. The first-order valence-electron chi connectivity index (χ1n) is 7.66. The van der Waals surface area contributed by atoms with Gasteiger partial charge in [-0.3, -0.25) is 0 Å². The fraction of sp³-hybridized carbons (Fsp3) is 0.722. The monoisotopic (exact) mass is 475 g/mol. The van der Waals surface area contributed by atoms with E-state index in [0.29, 0.717) is 12.0 Å². The predicted molar refractivity (Wildman–Crippen MR) is 100 cm³/mol. The van der Waals surface area contributed by atoms with Crippen LogP contribution in [-0.4, -0.2) is 39.8 Å². The van der Waals surface area contributed by atoms with Crippen LogP contribution in [0.1, 0.15) is 41.0 Å². The molecule has 1 atom stereocenters. The van der Waals surface area contributed by atoms with Crippen LogP contribution in [0.15, 0.2) is 23.8 Å². The van der Waals surface area contributed by atoms with Crippen LogP contribution in [0.5, 0.6) is 0 Å². The van der Waals surface area contributed by atoms with Crippen molar-refractivity contribution in [2.24, 2.45) is 5.92 Å². The Balaban J connectivity index is -0.000000138. The third-order valence-corrected chi connectivity index (χ3v) is 2.81. The van der Waals surface area contributed by atoms with E-state index in [0.717, 1.165) is 26.1 Å². The van der Waals surface area contributed by atoms with Gasteiger partial charge in [-0.25, -0.2) is 0 Å². The normalized spacial score (nSPS) is 12.8. The Labute approximate surface area is 159 Å². The van der Waals surface area contributed by atoms with Crippen molar-refractivity contribution in [3.63, 3.8) is 0 Å². The average Bonchev–Trinajstić information content (AvgIpc) is 2.99. The molecule has 0 aromatic rings. The zero-order valence-electron chi connectivity index (χ0n) is 16.1. The maximum Gasteiger partial charge on any atom is 4.00 e. The molecule has 0 amide bonds. The van der Waals surface area contributed by atoms with E-state index in [1.165, 1.54) is 5.57 Å². The third kappa shape index (κ3) is 22.5. The van der Waals surface area contributed by atoms with E-state index in [2.05, 4.69) is 54.9 Å². The van der Waals surface area contributed by atoms with Crippen LogP contribution in [-0.2, 0) is 25.8 Å². The molecule has 3 nitrogen and oxygen atoms in total. The van der Waals surface area contributed by atoms with Gasteiger partial charge in [-0.15, -0.1) is 12.6 Å². The summed E-state index contributed by atoms with van der Waals surface area (Å²) in [5.74, 6) is 0.627. The molecular weight excluding hydrogens is 437 g/mol. The molecule has 1 aliphatic rings. The quantitative estimate of drug-likeness (QED) is 0.348. The van der Waals surface area contributed by atoms with E-state index in [1.54, 1.807) is 14.1 Å². The maximum absolute atomic E-state index is 4.50. The van der Waals surface area contributed by atoms with Crippen LogP contribution >= 0.6 is 0 Å². The number of hydrogen-bond donors (Lipinski definition) is 0. The zero-order valence-corrected chi connectivity index (χ0v) is 19.6. The Morgan fingerprint density at radius 3 is 1.77 bits per heavy atom. The molecule has 4 heteroatoms. The van der Waals surface area contributed by atoms with Gasteiger partial charge >= 0.3 is 25.8 Å². The second-order valence-corrected chi connectivity index (χ2v) is 5.00. The van der Waals surface area contributed by atoms with Crippen molar-refractivity contribution in [2.45, 2.75) is 47.1 Å². The van der Waals surface area contributed by atoms with E-state index in [4.69, 9.17) is 0 Å². The molecule has 0 fully saturated rings. The zero-order chi connectivity index (χ0) is 15.8. The van der Waals surface area contributed by atoms with Gasteiger partial charge in [-0.2, -0.15) is 27.2 Å². The molecule has 0 aliphatic heterocycles. The minimum absolute atomic E-state index is 0. The van der Waals surface area contributed by atoms with Crippen molar-refractivity contribution >= 4 is 0 Å². The van der Waals surface area contributed by atoms with E-state index in [1.807, 2.05) is 13.8 Å². The van der Waals surface area contributed by atoms with E-state index < -0.39 is 0 Å². The Morgan fingerprint density at radius 2 is 1.50 bits per heavy atom. The second kappa shape index (κ2) is 23.5. The van der Waals surface area contributed by atoms with Crippen molar-refractivity contribution in [3.8, 4) is 0 Å². The van der Waals surface area contributed by atoms with Crippen molar-refractivity contribution < 1.29 is 25.8 Å². The first-order chi connectivity index (χ1) is 9.53. The topological polar surface area (TPSA) is 42.3 Å². The number of hydrogen-bond acceptors (Lipinski definition) is 0. The van der Waals surface area contributed by atoms with Gasteiger partial charge < -0.3 is 23.4 Å². The molecule has 0 aromatic carbocycles. The fourth-order valence-electron chi connectivity index (χ4n) is 1.32. The van der Waals surface area contributed by atoms with Crippen molar-refractivity contribution in [3.05, 3.63) is 47.2 Å². The summed E-state index contributed by atoms with van der Waals surface area (Å²) in [7, 11) is 3.61. The van der Waals surface area contributed by atoms with Crippen molar-refractivity contribution in [1.82, 2.24) is 0 Å². The van der Waals surface area contributed by atoms with Crippen LogP contribution in [0.25, 0.3) is 16.0 Å².